The summed E-state index contributed by atoms with van der Waals surface area (Å²) in [7, 11) is 0. The number of rotatable bonds is 1. The molecule has 0 bridgehead atoms. The quantitative estimate of drug-likeness (QED) is 0.681. The first-order chi connectivity index (χ1) is 7.44. The number of piperidine rings is 1. The minimum absolute atomic E-state index is 0.102. The summed E-state index contributed by atoms with van der Waals surface area (Å²) < 4.78 is 11.0. The van der Waals surface area contributed by atoms with Gasteiger partial charge in [0, 0.05) is 6.04 Å². The van der Waals surface area contributed by atoms with Gasteiger partial charge in [0.1, 0.15) is 11.0 Å². The number of carbonyl (C=O) groups is 1. The van der Waals surface area contributed by atoms with Crippen LogP contribution in [0, 0.1) is 5.41 Å². The molecule has 4 heteroatoms. The van der Waals surface area contributed by atoms with Gasteiger partial charge in [0.25, 0.3) is 0 Å². The zero-order valence-electron chi connectivity index (χ0n) is 10.3. The van der Waals surface area contributed by atoms with Crippen molar-refractivity contribution in [2.24, 2.45) is 5.41 Å². The van der Waals surface area contributed by atoms with Crippen LogP contribution >= 0.6 is 0 Å². The van der Waals surface area contributed by atoms with E-state index in [1.165, 1.54) is 0 Å². The Morgan fingerprint density at radius 2 is 2.25 bits per heavy atom. The van der Waals surface area contributed by atoms with Crippen molar-refractivity contribution in [3.63, 3.8) is 0 Å². The van der Waals surface area contributed by atoms with Gasteiger partial charge < -0.3 is 14.8 Å². The Morgan fingerprint density at radius 3 is 2.94 bits per heavy atom. The summed E-state index contributed by atoms with van der Waals surface area (Å²) in [5.74, 6) is -0.102. The van der Waals surface area contributed by atoms with Gasteiger partial charge in [-0.15, -0.1) is 0 Å². The van der Waals surface area contributed by atoms with Crippen LogP contribution in [0.15, 0.2) is 0 Å². The number of hydrogen-bond donors (Lipinski definition) is 1. The molecule has 92 valence electrons. The van der Waals surface area contributed by atoms with Crippen LogP contribution in [0.1, 0.15) is 33.6 Å². The van der Waals surface area contributed by atoms with E-state index >= 15 is 0 Å². The maximum atomic E-state index is 12.3. The Labute approximate surface area is 96.7 Å². The molecule has 0 aliphatic carbocycles. The van der Waals surface area contributed by atoms with Gasteiger partial charge in [0.05, 0.1) is 13.2 Å². The van der Waals surface area contributed by atoms with Crippen molar-refractivity contribution in [3.05, 3.63) is 0 Å². The molecular formula is C12H21NO3. The van der Waals surface area contributed by atoms with Crippen LogP contribution in [0.3, 0.4) is 0 Å². The monoisotopic (exact) mass is 227 g/mol. The molecule has 2 aliphatic heterocycles. The second-order valence-corrected chi connectivity index (χ2v) is 5.78. The van der Waals surface area contributed by atoms with Crippen molar-refractivity contribution in [3.8, 4) is 0 Å². The van der Waals surface area contributed by atoms with Gasteiger partial charge >= 0.3 is 5.97 Å². The Hall–Kier alpha value is -0.610. The molecule has 2 saturated heterocycles. The molecule has 0 aromatic heterocycles. The van der Waals surface area contributed by atoms with Crippen LogP contribution in [-0.4, -0.2) is 37.4 Å². The minimum atomic E-state index is -0.439. The molecular weight excluding hydrogens is 206 g/mol. The van der Waals surface area contributed by atoms with Gasteiger partial charge in [-0.1, -0.05) is 0 Å². The molecule has 0 radical (unpaired) electrons. The summed E-state index contributed by atoms with van der Waals surface area (Å²) >= 11 is 0. The number of carbonyl (C=O) groups excluding carboxylic acids is 1. The standard InChI is InChI=1S/C12H21NO3/c1-11(2,3)16-10(14)12-5-4-6-13-9(12)7-15-8-12/h9,13H,4-8H2,1-3H3. The van der Waals surface area contributed by atoms with Crippen molar-refractivity contribution in [2.75, 3.05) is 19.8 Å². The van der Waals surface area contributed by atoms with Crippen LogP contribution in [-0.2, 0) is 14.3 Å². The Kier molecular flexibility index (Phi) is 2.97. The fraction of sp³-hybridized carbons (Fsp3) is 0.917. The van der Waals surface area contributed by atoms with Crippen molar-refractivity contribution < 1.29 is 14.3 Å². The molecule has 1 N–H and O–H groups in total. The smallest absolute Gasteiger partial charge is 0.316 e. The normalized spacial score (nSPS) is 34.6. The van der Waals surface area contributed by atoms with E-state index < -0.39 is 11.0 Å². The zero-order valence-corrected chi connectivity index (χ0v) is 10.3. The average Bonchev–Trinajstić information content (AvgIpc) is 2.59. The second-order valence-electron chi connectivity index (χ2n) is 5.78. The average molecular weight is 227 g/mol. The third-order valence-corrected chi connectivity index (χ3v) is 3.31. The molecule has 0 spiro atoms. The third-order valence-electron chi connectivity index (χ3n) is 3.31. The van der Waals surface area contributed by atoms with Crippen LogP contribution in [0.25, 0.3) is 0 Å². The van der Waals surface area contributed by atoms with Crippen molar-refractivity contribution in [1.29, 1.82) is 0 Å². The molecule has 2 rings (SSSR count). The number of ether oxygens (including phenoxy) is 2. The molecule has 2 aliphatic rings. The zero-order chi connectivity index (χ0) is 11.8. The predicted molar refractivity (Wildman–Crippen MR) is 60.1 cm³/mol. The fourth-order valence-corrected chi connectivity index (χ4v) is 2.48. The molecule has 0 amide bonds. The number of nitrogens with one attached hydrogen (secondary N) is 1. The minimum Gasteiger partial charge on any atom is -0.459 e. The molecule has 2 atom stereocenters. The second kappa shape index (κ2) is 4.00. The van der Waals surface area contributed by atoms with Crippen LogP contribution in [0.5, 0.6) is 0 Å². The van der Waals surface area contributed by atoms with E-state index in [-0.39, 0.29) is 12.0 Å². The van der Waals surface area contributed by atoms with E-state index in [1.807, 2.05) is 20.8 Å². The molecule has 2 heterocycles. The maximum absolute atomic E-state index is 12.3. The highest BCUT2D eigenvalue weighted by atomic mass is 16.6. The first-order valence-corrected chi connectivity index (χ1v) is 5.99. The largest absolute Gasteiger partial charge is 0.459 e. The lowest BCUT2D eigenvalue weighted by Crippen LogP contribution is -2.54. The van der Waals surface area contributed by atoms with E-state index in [2.05, 4.69) is 5.32 Å². The molecule has 16 heavy (non-hydrogen) atoms. The van der Waals surface area contributed by atoms with Gasteiger partial charge in [-0.3, -0.25) is 4.79 Å². The van der Waals surface area contributed by atoms with E-state index in [9.17, 15) is 4.79 Å². The van der Waals surface area contributed by atoms with E-state index in [0.717, 1.165) is 19.4 Å². The lowest BCUT2D eigenvalue weighted by atomic mass is 9.76. The summed E-state index contributed by atoms with van der Waals surface area (Å²) in [4.78, 5) is 12.3. The molecule has 2 unspecified atom stereocenters. The summed E-state index contributed by atoms with van der Waals surface area (Å²) in [6, 6.07) is 0.135. The van der Waals surface area contributed by atoms with Gasteiger partial charge in [-0.2, -0.15) is 0 Å². The molecule has 4 nitrogen and oxygen atoms in total. The highest BCUT2D eigenvalue weighted by Crippen LogP contribution is 2.38. The summed E-state index contributed by atoms with van der Waals surface area (Å²) in [5.41, 5.74) is -0.859. The van der Waals surface area contributed by atoms with Crippen molar-refractivity contribution in [1.82, 2.24) is 5.32 Å². The summed E-state index contributed by atoms with van der Waals surface area (Å²) in [6.07, 6.45) is 1.89. The van der Waals surface area contributed by atoms with Crippen LogP contribution in [0.2, 0.25) is 0 Å². The predicted octanol–water partition coefficient (Wildman–Crippen LogP) is 1.10. The SMILES string of the molecule is CC(C)(C)OC(=O)C12CCCNC1COC2. The van der Waals surface area contributed by atoms with Crippen molar-refractivity contribution >= 4 is 5.97 Å². The van der Waals surface area contributed by atoms with Crippen molar-refractivity contribution in [2.45, 2.75) is 45.3 Å². The van der Waals surface area contributed by atoms with Gasteiger partial charge in [0.2, 0.25) is 0 Å². The third kappa shape index (κ3) is 2.09. The summed E-state index contributed by atoms with van der Waals surface area (Å²) in [5, 5.41) is 3.36. The number of hydrogen-bond acceptors (Lipinski definition) is 4. The lowest BCUT2D eigenvalue weighted by molar-refractivity contribution is -0.170. The molecule has 0 aromatic carbocycles. The van der Waals surface area contributed by atoms with Crippen LogP contribution in [0.4, 0.5) is 0 Å². The van der Waals surface area contributed by atoms with E-state index in [1.54, 1.807) is 0 Å². The Morgan fingerprint density at radius 1 is 1.50 bits per heavy atom. The Balaban J connectivity index is 2.13. The van der Waals surface area contributed by atoms with E-state index in [0.29, 0.717) is 13.2 Å². The van der Waals surface area contributed by atoms with Gasteiger partial charge in [-0.05, 0) is 40.2 Å². The first-order valence-electron chi connectivity index (χ1n) is 5.99. The number of esters is 1. The molecule has 0 saturated carbocycles. The lowest BCUT2D eigenvalue weighted by Gasteiger charge is -2.37. The van der Waals surface area contributed by atoms with Crippen LogP contribution < -0.4 is 5.32 Å². The molecule has 2 fully saturated rings. The first kappa shape index (κ1) is 11.9. The Bertz CT molecular complexity index is 284. The van der Waals surface area contributed by atoms with Gasteiger partial charge in [0.15, 0.2) is 0 Å². The number of fused-ring (bicyclic) bond motifs is 1. The highest BCUT2D eigenvalue weighted by Gasteiger charge is 2.53. The molecule has 0 aromatic rings. The topological polar surface area (TPSA) is 47.6 Å². The highest BCUT2D eigenvalue weighted by molar-refractivity contribution is 5.79. The van der Waals surface area contributed by atoms with Gasteiger partial charge in [-0.25, -0.2) is 0 Å². The fourth-order valence-electron chi connectivity index (χ4n) is 2.48. The van der Waals surface area contributed by atoms with E-state index in [4.69, 9.17) is 9.47 Å². The summed E-state index contributed by atoms with van der Waals surface area (Å²) in [6.45, 7) is 7.81. The maximum Gasteiger partial charge on any atom is 0.316 e.